The Kier molecular flexibility index (Phi) is 5.58. The predicted molar refractivity (Wildman–Crippen MR) is 57.3 cm³/mol. The zero-order valence-electron chi connectivity index (χ0n) is 9.84. The Labute approximate surface area is 95.5 Å². The average Bonchev–Trinajstić information content (AvgIpc) is 2.29. The van der Waals surface area contributed by atoms with Gasteiger partial charge in [0.25, 0.3) is 0 Å². The average molecular weight is 236 g/mol. The van der Waals surface area contributed by atoms with E-state index in [4.69, 9.17) is 0 Å². The van der Waals surface area contributed by atoms with E-state index in [0.717, 1.165) is 6.54 Å². The molecule has 1 saturated heterocycles. The molecule has 1 N–H and O–H groups in total. The summed E-state index contributed by atoms with van der Waals surface area (Å²) in [5.74, 6) is 0. The predicted octanol–water partition coefficient (Wildman–Crippen LogP) is 1.83. The topological polar surface area (TPSA) is 30.5 Å². The third kappa shape index (κ3) is 3.96. The Hall–Kier alpha value is -0.260. The van der Waals surface area contributed by atoms with E-state index in [1.807, 2.05) is 6.42 Å². The quantitative estimate of drug-likeness (QED) is 0.763. The van der Waals surface area contributed by atoms with Crippen LogP contribution in [0.5, 0.6) is 0 Å². The molecule has 1 rings (SSSR count). The van der Waals surface area contributed by atoms with E-state index < -0.39 is 18.1 Å². The smallest absolute Gasteiger partial charge is 0.199 e. The third-order valence-electron chi connectivity index (χ3n) is 3.06. The van der Waals surface area contributed by atoms with Gasteiger partial charge in [0.15, 0.2) is 12.7 Å². The normalized spacial score (nSPS) is 24.0. The molecule has 2 atom stereocenters. The number of ether oxygens (including phenoxy) is 2. The molecule has 95 valence electrons. The van der Waals surface area contributed by atoms with E-state index in [0.29, 0.717) is 13.0 Å². The standard InChI is InChI=1S/C11H20F2NO2/c1-15-9(12)6-11(7-10(13)16-2)4-3-5-14-8-11/h3,9-10,14H,4-8H2,1-2H3/t9-,10-/m1/s1. The van der Waals surface area contributed by atoms with Crippen LogP contribution < -0.4 is 5.32 Å². The fourth-order valence-corrected chi connectivity index (χ4v) is 2.13. The lowest BCUT2D eigenvalue weighted by Crippen LogP contribution is -2.43. The van der Waals surface area contributed by atoms with Crippen molar-refractivity contribution in [1.82, 2.24) is 5.32 Å². The van der Waals surface area contributed by atoms with Gasteiger partial charge in [0.05, 0.1) is 0 Å². The molecule has 0 unspecified atom stereocenters. The monoisotopic (exact) mass is 236 g/mol. The molecule has 0 bridgehead atoms. The number of alkyl halides is 2. The summed E-state index contributed by atoms with van der Waals surface area (Å²) in [6, 6.07) is 0. The van der Waals surface area contributed by atoms with Gasteiger partial charge in [0.2, 0.25) is 0 Å². The zero-order valence-corrected chi connectivity index (χ0v) is 9.84. The number of piperidine rings is 1. The van der Waals surface area contributed by atoms with E-state index in [-0.39, 0.29) is 12.8 Å². The van der Waals surface area contributed by atoms with Gasteiger partial charge in [0, 0.05) is 33.6 Å². The Morgan fingerprint density at radius 3 is 2.19 bits per heavy atom. The summed E-state index contributed by atoms with van der Waals surface area (Å²) in [6.07, 6.45) is 0.379. The van der Waals surface area contributed by atoms with Crippen molar-refractivity contribution in [3.05, 3.63) is 6.42 Å². The molecule has 3 nitrogen and oxygen atoms in total. The van der Waals surface area contributed by atoms with Crippen LogP contribution in [0.2, 0.25) is 0 Å². The first kappa shape index (κ1) is 13.8. The molecular weight excluding hydrogens is 216 g/mol. The maximum absolute atomic E-state index is 13.3. The fraction of sp³-hybridized carbons (Fsp3) is 0.909. The molecule has 1 fully saturated rings. The van der Waals surface area contributed by atoms with Gasteiger partial charge >= 0.3 is 0 Å². The van der Waals surface area contributed by atoms with Crippen molar-refractivity contribution in [3.63, 3.8) is 0 Å². The molecule has 1 aliphatic rings. The van der Waals surface area contributed by atoms with Crippen molar-refractivity contribution in [2.24, 2.45) is 5.41 Å². The van der Waals surface area contributed by atoms with E-state index in [1.165, 1.54) is 14.2 Å². The Morgan fingerprint density at radius 1 is 1.25 bits per heavy atom. The number of nitrogens with one attached hydrogen (secondary N) is 1. The maximum Gasteiger partial charge on any atom is 0.199 e. The van der Waals surface area contributed by atoms with Gasteiger partial charge in [-0.1, -0.05) is 0 Å². The van der Waals surface area contributed by atoms with Crippen LogP contribution in [0.15, 0.2) is 0 Å². The number of rotatable bonds is 6. The van der Waals surface area contributed by atoms with Gasteiger partial charge in [-0.25, -0.2) is 8.78 Å². The van der Waals surface area contributed by atoms with E-state index in [9.17, 15) is 8.78 Å². The van der Waals surface area contributed by atoms with Crippen molar-refractivity contribution >= 4 is 0 Å². The molecule has 0 saturated carbocycles. The lowest BCUT2D eigenvalue weighted by Gasteiger charge is -2.38. The number of halogens is 2. The molecule has 0 aromatic rings. The maximum atomic E-state index is 13.3. The number of methoxy groups -OCH3 is 2. The molecule has 1 aliphatic heterocycles. The van der Waals surface area contributed by atoms with E-state index >= 15 is 0 Å². The SMILES string of the molecule is CO[C@@H](F)CC1(C[C@H](F)OC)C[CH]CNC1. The largest absolute Gasteiger partial charge is 0.351 e. The summed E-state index contributed by atoms with van der Waals surface area (Å²) in [5.41, 5.74) is -0.441. The number of hydrogen-bond donors (Lipinski definition) is 1. The molecule has 16 heavy (non-hydrogen) atoms. The second-order valence-corrected chi connectivity index (χ2v) is 4.32. The molecule has 0 aromatic heterocycles. The second kappa shape index (κ2) is 6.47. The summed E-state index contributed by atoms with van der Waals surface area (Å²) < 4.78 is 35.8. The summed E-state index contributed by atoms with van der Waals surface area (Å²) in [6.45, 7) is 1.38. The van der Waals surface area contributed by atoms with Crippen molar-refractivity contribution in [2.45, 2.75) is 32.0 Å². The van der Waals surface area contributed by atoms with Crippen molar-refractivity contribution in [3.8, 4) is 0 Å². The first-order chi connectivity index (χ1) is 7.62. The van der Waals surface area contributed by atoms with Crippen LogP contribution in [0.3, 0.4) is 0 Å². The number of hydrogen-bond acceptors (Lipinski definition) is 3. The van der Waals surface area contributed by atoms with Crippen LogP contribution in [0.25, 0.3) is 0 Å². The van der Waals surface area contributed by atoms with Gasteiger partial charge in [-0.15, -0.1) is 0 Å². The summed E-state index contributed by atoms with van der Waals surface area (Å²) in [4.78, 5) is 0. The van der Waals surface area contributed by atoms with E-state index in [2.05, 4.69) is 14.8 Å². The van der Waals surface area contributed by atoms with Gasteiger partial charge in [-0.05, 0) is 24.8 Å². The van der Waals surface area contributed by atoms with E-state index in [1.54, 1.807) is 0 Å². The first-order valence-electron chi connectivity index (χ1n) is 5.48. The zero-order chi connectivity index (χ0) is 12.0. The molecule has 0 aliphatic carbocycles. The van der Waals surface area contributed by atoms with Crippen LogP contribution in [0.4, 0.5) is 8.78 Å². The molecule has 1 radical (unpaired) electrons. The highest BCUT2D eigenvalue weighted by Gasteiger charge is 2.37. The highest BCUT2D eigenvalue weighted by molar-refractivity contribution is 4.93. The first-order valence-corrected chi connectivity index (χ1v) is 5.48. The highest BCUT2D eigenvalue weighted by Crippen LogP contribution is 2.37. The minimum absolute atomic E-state index is 0.191. The van der Waals surface area contributed by atoms with Crippen molar-refractivity contribution in [1.29, 1.82) is 0 Å². The Morgan fingerprint density at radius 2 is 1.81 bits per heavy atom. The molecule has 0 spiro atoms. The van der Waals surface area contributed by atoms with Crippen LogP contribution >= 0.6 is 0 Å². The molecule has 0 amide bonds. The van der Waals surface area contributed by atoms with Gasteiger partial charge in [-0.3, -0.25) is 0 Å². The Bertz CT molecular complexity index is 184. The molecular formula is C11H20F2NO2. The lowest BCUT2D eigenvalue weighted by molar-refractivity contribution is -0.0806. The van der Waals surface area contributed by atoms with Crippen LogP contribution in [-0.4, -0.2) is 40.0 Å². The molecule has 5 heteroatoms. The van der Waals surface area contributed by atoms with Gasteiger partial charge in [0.1, 0.15) is 0 Å². The Balaban J connectivity index is 2.59. The lowest BCUT2D eigenvalue weighted by atomic mass is 9.75. The van der Waals surface area contributed by atoms with Crippen LogP contribution in [0.1, 0.15) is 19.3 Å². The van der Waals surface area contributed by atoms with Crippen molar-refractivity contribution in [2.75, 3.05) is 27.3 Å². The molecule has 1 heterocycles. The summed E-state index contributed by atoms with van der Waals surface area (Å²) in [5, 5.41) is 3.13. The minimum atomic E-state index is -1.35. The van der Waals surface area contributed by atoms with Crippen molar-refractivity contribution < 1.29 is 18.3 Å². The summed E-state index contributed by atoms with van der Waals surface area (Å²) >= 11 is 0. The van der Waals surface area contributed by atoms with Crippen LogP contribution in [0, 0.1) is 11.8 Å². The minimum Gasteiger partial charge on any atom is -0.351 e. The molecule has 0 aromatic carbocycles. The van der Waals surface area contributed by atoms with Gasteiger partial charge in [-0.2, -0.15) is 0 Å². The van der Waals surface area contributed by atoms with Gasteiger partial charge < -0.3 is 14.8 Å². The highest BCUT2D eigenvalue weighted by atomic mass is 19.1. The van der Waals surface area contributed by atoms with Crippen LogP contribution in [-0.2, 0) is 9.47 Å². The fourth-order valence-electron chi connectivity index (χ4n) is 2.13. The summed E-state index contributed by atoms with van der Waals surface area (Å²) in [7, 11) is 2.64. The second-order valence-electron chi connectivity index (χ2n) is 4.32. The third-order valence-corrected chi connectivity index (χ3v) is 3.06.